The summed E-state index contributed by atoms with van der Waals surface area (Å²) in [5.41, 5.74) is 1.03. The first-order valence-corrected chi connectivity index (χ1v) is 9.01. The molecular weight excluding hydrogens is 375 g/mol. The van der Waals surface area contributed by atoms with Crippen molar-refractivity contribution < 1.29 is 14.3 Å². The molecule has 0 saturated heterocycles. The van der Waals surface area contributed by atoms with Crippen molar-refractivity contribution in [2.75, 3.05) is 5.32 Å². The van der Waals surface area contributed by atoms with E-state index < -0.39 is 6.10 Å². The van der Waals surface area contributed by atoms with E-state index in [4.69, 9.17) is 27.9 Å². The molecule has 136 valence electrons. The average molecular weight is 393 g/mol. The number of carbonyl (C=O) groups excluding carboxylic acids is 2. The van der Waals surface area contributed by atoms with Crippen molar-refractivity contribution in [2.24, 2.45) is 0 Å². The molecule has 1 aliphatic rings. The highest BCUT2D eigenvalue weighted by Crippen LogP contribution is 2.28. The van der Waals surface area contributed by atoms with Gasteiger partial charge < -0.3 is 15.4 Å². The maximum atomic E-state index is 12.4. The Morgan fingerprint density at radius 1 is 1.15 bits per heavy atom. The van der Waals surface area contributed by atoms with Gasteiger partial charge in [-0.1, -0.05) is 29.3 Å². The minimum absolute atomic E-state index is 0.138. The molecule has 1 saturated carbocycles. The molecule has 0 bridgehead atoms. The quantitative estimate of drug-likeness (QED) is 0.770. The molecule has 1 aliphatic carbocycles. The van der Waals surface area contributed by atoms with Gasteiger partial charge in [0.2, 0.25) is 0 Å². The lowest BCUT2D eigenvalue weighted by Crippen LogP contribution is -2.30. The van der Waals surface area contributed by atoms with Crippen LogP contribution in [0.5, 0.6) is 5.75 Å². The van der Waals surface area contributed by atoms with Crippen LogP contribution in [0.3, 0.4) is 0 Å². The van der Waals surface area contributed by atoms with E-state index in [1.165, 1.54) is 0 Å². The molecule has 2 aromatic carbocycles. The van der Waals surface area contributed by atoms with Gasteiger partial charge in [0.15, 0.2) is 6.10 Å². The zero-order valence-electron chi connectivity index (χ0n) is 14.1. The molecule has 0 aromatic heterocycles. The van der Waals surface area contributed by atoms with Gasteiger partial charge in [0.1, 0.15) is 5.75 Å². The van der Waals surface area contributed by atoms with Crippen molar-refractivity contribution in [3.05, 3.63) is 58.1 Å². The summed E-state index contributed by atoms with van der Waals surface area (Å²) in [6.07, 6.45) is 1.26. The summed E-state index contributed by atoms with van der Waals surface area (Å²) in [7, 11) is 0. The SMILES string of the molecule is CC(Oc1ccc(Cl)cc1Cl)C(=O)Nc1cccc(C(=O)NC2CC2)c1. The Kier molecular flexibility index (Phi) is 5.69. The summed E-state index contributed by atoms with van der Waals surface area (Å²) in [4.78, 5) is 24.5. The third-order valence-corrected chi connectivity index (χ3v) is 4.40. The van der Waals surface area contributed by atoms with E-state index in [0.717, 1.165) is 12.8 Å². The van der Waals surface area contributed by atoms with Crippen molar-refractivity contribution in [1.29, 1.82) is 0 Å². The van der Waals surface area contributed by atoms with Crippen molar-refractivity contribution in [3.8, 4) is 5.75 Å². The first-order chi connectivity index (χ1) is 12.4. The van der Waals surface area contributed by atoms with Gasteiger partial charge in [-0.3, -0.25) is 9.59 Å². The van der Waals surface area contributed by atoms with Crippen LogP contribution >= 0.6 is 23.2 Å². The van der Waals surface area contributed by atoms with Crippen LogP contribution in [0.1, 0.15) is 30.1 Å². The molecule has 26 heavy (non-hydrogen) atoms. The van der Waals surface area contributed by atoms with Gasteiger partial charge in [0, 0.05) is 22.3 Å². The summed E-state index contributed by atoms with van der Waals surface area (Å²) < 4.78 is 5.59. The van der Waals surface area contributed by atoms with Crippen LogP contribution in [0.25, 0.3) is 0 Å². The topological polar surface area (TPSA) is 67.4 Å². The zero-order valence-corrected chi connectivity index (χ0v) is 15.6. The number of hydrogen-bond donors (Lipinski definition) is 2. The first-order valence-electron chi connectivity index (χ1n) is 8.26. The number of benzene rings is 2. The molecule has 0 aliphatic heterocycles. The summed E-state index contributed by atoms with van der Waals surface area (Å²) in [5.74, 6) is -0.118. The van der Waals surface area contributed by atoms with Crippen LogP contribution in [-0.4, -0.2) is 24.0 Å². The standard InChI is InChI=1S/C19H18Cl2N2O3/c1-11(26-17-8-5-13(20)10-16(17)21)18(24)23-15-4-2-3-12(9-15)19(25)22-14-6-7-14/h2-5,8-11,14H,6-7H2,1H3,(H,22,25)(H,23,24). The van der Waals surface area contributed by atoms with E-state index in [9.17, 15) is 9.59 Å². The van der Waals surface area contributed by atoms with Crippen LogP contribution in [0.4, 0.5) is 5.69 Å². The Morgan fingerprint density at radius 2 is 1.92 bits per heavy atom. The number of rotatable bonds is 6. The lowest BCUT2D eigenvalue weighted by molar-refractivity contribution is -0.122. The van der Waals surface area contributed by atoms with Crippen LogP contribution in [0, 0.1) is 0 Å². The molecule has 2 aromatic rings. The molecule has 2 amide bonds. The van der Waals surface area contributed by atoms with Crippen LogP contribution in [0.15, 0.2) is 42.5 Å². The van der Waals surface area contributed by atoms with Gasteiger partial charge in [-0.2, -0.15) is 0 Å². The molecule has 3 rings (SSSR count). The Morgan fingerprint density at radius 3 is 2.62 bits per heavy atom. The Labute approximate surface area is 161 Å². The number of anilines is 1. The molecule has 1 unspecified atom stereocenters. The highest BCUT2D eigenvalue weighted by atomic mass is 35.5. The van der Waals surface area contributed by atoms with Gasteiger partial charge in [-0.05, 0) is 56.2 Å². The van der Waals surface area contributed by atoms with Gasteiger partial charge in [-0.15, -0.1) is 0 Å². The molecule has 5 nitrogen and oxygen atoms in total. The molecular formula is C19H18Cl2N2O3. The van der Waals surface area contributed by atoms with Crippen LogP contribution < -0.4 is 15.4 Å². The second-order valence-corrected chi connectivity index (χ2v) is 7.00. The predicted octanol–water partition coefficient (Wildman–Crippen LogP) is 4.29. The van der Waals surface area contributed by atoms with Crippen LogP contribution in [0.2, 0.25) is 10.0 Å². The van der Waals surface area contributed by atoms with Gasteiger partial charge in [0.25, 0.3) is 11.8 Å². The Bertz CT molecular complexity index is 837. The summed E-state index contributed by atoms with van der Waals surface area (Å²) in [6.45, 7) is 1.62. The summed E-state index contributed by atoms with van der Waals surface area (Å²) >= 11 is 11.9. The molecule has 7 heteroatoms. The van der Waals surface area contributed by atoms with Crippen LogP contribution in [-0.2, 0) is 4.79 Å². The van der Waals surface area contributed by atoms with E-state index in [-0.39, 0.29) is 17.9 Å². The fraction of sp³-hybridized carbons (Fsp3) is 0.263. The van der Waals surface area contributed by atoms with E-state index in [2.05, 4.69) is 10.6 Å². The molecule has 1 fully saturated rings. The first kappa shape index (κ1) is 18.5. The predicted molar refractivity (Wildman–Crippen MR) is 102 cm³/mol. The molecule has 0 heterocycles. The van der Waals surface area contributed by atoms with Crippen molar-refractivity contribution in [3.63, 3.8) is 0 Å². The fourth-order valence-corrected chi connectivity index (χ4v) is 2.75. The Hall–Kier alpha value is -2.24. The van der Waals surface area contributed by atoms with E-state index in [0.29, 0.717) is 27.0 Å². The second-order valence-electron chi connectivity index (χ2n) is 6.15. The van der Waals surface area contributed by atoms with Gasteiger partial charge >= 0.3 is 0 Å². The normalized spacial score (nSPS) is 14.4. The third kappa shape index (κ3) is 4.90. The number of ether oxygens (including phenoxy) is 1. The summed E-state index contributed by atoms with van der Waals surface area (Å²) in [6, 6.07) is 11.8. The number of amides is 2. The highest BCUT2D eigenvalue weighted by molar-refractivity contribution is 6.35. The molecule has 1 atom stereocenters. The van der Waals surface area contributed by atoms with E-state index in [1.54, 1.807) is 49.4 Å². The molecule has 2 N–H and O–H groups in total. The summed E-state index contributed by atoms with van der Waals surface area (Å²) in [5, 5.41) is 6.48. The number of nitrogens with one attached hydrogen (secondary N) is 2. The number of carbonyl (C=O) groups is 2. The average Bonchev–Trinajstić information content (AvgIpc) is 3.41. The smallest absolute Gasteiger partial charge is 0.265 e. The maximum Gasteiger partial charge on any atom is 0.265 e. The lowest BCUT2D eigenvalue weighted by Gasteiger charge is -2.16. The monoisotopic (exact) mass is 392 g/mol. The number of hydrogen-bond acceptors (Lipinski definition) is 3. The molecule has 0 radical (unpaired) electrons. The van der Waals surface area contributed by atoms with Gasteiger partial charge in [-0.25, -0.2) is 0 Å². The van der Waals surface area contributed by atoms with Gasteiger partial charge in [0.05, 0.1) is 5.02 Å². The van der Waals surface area contributed by atoms with E-state index >= 15 is 0 Å². The lowest BCUT2D eigenvalue weighted by atomic mass is 10.2. The zero-order chi connectivity index (χ0) is 18.7. The minimum Gasteiger partial charge on any atom is -0.479 e. The molecule has 0 spiro atoms. The fourth-order valence-electron chi connectivity index (χ4n) is 2.29. The second kappa shape index (κ2) is 7.98. The largest absolute Gasteiger partial charge is 0.479 e. The minimum atomic E-state index is -0.780. The van der Waals surface area contributed by atoms with Crippen molar-refractivity contribution in [2.45, 2.75) is 31.9 Å². The van der Waals surface area contributed by atoms with Crippen molar-refractivity contribution >= 4 is 40.7 Å². The Balaban J connectivity index is 1.62. The maximum absolute atomic E-state index is 12.4. The highest BCUT2D eigenvalue weighted by Gasteiger charge is 2.24. The van der Waals surface area contributed by atoms with E-state index in [1.807, 2.05) is 0 Å². The van der Waals surface area contributed by atoms with Crippen molar-refractivity contribution in [1.82, 2.24) is 5.32 Å². The number of halogens is 2. The third-order valence-electron chi connectivity index (χ3n) is 3.87.